The van der Waals surface area contributed by atoms with Crippen LogP contribution in [0.3, 0.4) is 0 Å². The third-order valence-electron chi connectivity index (χ3n) is 0.566. The molecule has 0 saturated carbocycles. The Kier molecular flexibility index (Phi) is 20.1. The number of pyridine rings is 1. The minimum Gasteiger partial charge on any atom is -0.652 e. The topological polar surface area (TPSA) is 76.1 Å². The molecule has 0 spiro atoms. The molecule has 0 radical (unpaired) electrons. The van der Waals surface area contributed by atoms with Gasteiger partial charge in [0.15, 0.2) is 0 Å². The Morgan fingerprint density at radius 3 is 1.42 bits per heavy atom. The normalized spacial score (nSPS) is 6.00. The molecule has 1 aromatic rings. The Bertz CT molecular complexity index is 153. The molecule has 0 aromatic carbocycles. The number of carbonyl (C=O) groups excluding carboxylic acids is 1. The van der Waals surface area contributed by atoms with Gasteiger partial charge in [-0.05, 0) is 18.3 Å². The minimum atomic E-state index is -2.33. The quantitative estimate of drug-likeness (QED) is 0.539. The van der Waals surface area contributed by atoms with Gasteiger partial charge in [-0.2, -0.15) is 0 Å². The Balaban J connectivity index is -0.000000124. The maximum Gasteiger partial charge on any atom is 1.00 e. The monoisotopic (exact) mass is 353 g/mol. The third kappa shape index (κ3) is 22.5. The molecule has 1 rings (SSSR count). The Labute approximate surface area is 101 Å². The second kappa shape index (κ2) is 13.5. The fourth-order valence-corrected chi connectivity index (χ4v) is 0.313. The smallest absolute Gasteiger partial charge is 0.652 e. The number of hydrogen-bond donors (Lipinski definition) is 0. The number of hydrogen-bond acceptors (Lipinski definition) is 4. The molecule has 0 aliphatic rings. The summed E-state index contributed by atoms with van der Waals surface area (Å²) in [6, 6.07) is 5.72. The molecule has 0 fully saturated rings. The van der Waals surface area contributed by atoms with Crippen LogP contribution in [0, 0.1) is 0 Å². The minimum absolute atomic E-state index is 0. The molecule has 12 heavy (non-hydrogen) atoms. The van der Waals surface area contributed by atoms with Crippen molar-refractivity contribution < 1.29 is 59.8 Å². The van der Waals surface area contributed by atoms with Gasteiger partial charge in [0, 0.05) is 12.4 Å². The first-order chi connectivity index (χ1) is 4.73. The summed E-state index contributed by atoms with van der Waals surface area (Å²) >= 11 is 0. The van der Waals surface area contributed by atoms with Crippen LogP contribution in [0.2, 0.25) is 0 Å². The first-order valence-corrected chi connectivity index (χ1v) is 2.46. The van der Waals surface area contributed by atoms with Crippen molar-refractivity contribution in [1.82, 2.24) is 4.98 Å². The molecule has 0 aliphatic carbocycles. The SMILES string of the molecule is O=C([O-])[O-].[Ag+].[Ag+].c1ccncc1. The first-order valence-electron chi connectivity index (χ1n) is 2.46. The van der Waals surface area contributed by atoms with E-state index in [4.69, 9.17) is 15.0 Å². The molecule has 74 valence electrons. The van der Waals surface area contributed by atoms with E-state index in [-0.39, 0.29) is 44.8 Å². The van der Waals surface area contributed by atoms with Crippen molar-refractivity contribution in [2.75, 3.05) is 0 Å². The summed E-state index contributed by atoms with van der Waals surface area (Å²) in [7, 11) is 0. The zero-order chi connectivity index (χ0) is 7.82. The number of carbonyl (C=O) groups is 1. The van der Waals surface area contributed by atoms with Gasteiger partial charge in [0.25, 0.3) is 0 Å². The number of carboxylic acid groups (broad SMARTS) is 2. The van der Waals surface area contributed by atoms with Gasteiger partial charge in [-0.1, -0.05) is 6.07 Å². The van der Waals surface area contributed by atoms with Crippen molar-refractivity contribution in [3.05, 3.63) is 30.6 Å². The van der Waals surface area contributed by atoms with Crippen LogP contribution in [-0.4, -0.2) is 11.1 Å². The second-order valence-corrected chi connectivity index (χ2v) is 1.27. The van der Waals surface area contributed by atoms with E-state index >= 15 is 0 Å². The molecular formula is C6H5Ag2NO3. The van der Waals surface area contributed by atoms with Gasteiger partial charge in [0.2, 0.25) is 0 Å². The molecule has 6 heteroatoms. The van der Waals surface area contributed by atoms with E-state index in [1.54, 1.807) is 12.4 Å². The predicted octanol–water partition coefficient (Wildman–Crippen LogP) is -1.37. The van der Waals surface area contributed by atoms with Crippen LogP contribution in [0.4, 0.5) is 4.79 Å². The fourth-order valence-electron chi connectivity index (χ4n) is 0.313. The molecule has 0 aliphatic heterocycles. The van der Waals surface area contributed by atoms with Crippen LogP contribution >= 0.6 is 0 Å². The Morgan fingerprint density at radius 1 is 1.00 bits per heavy atom. The third-order valence-corrected chi connectivity index (χ3v) is 0.566. The molecule has 0 amide bonds. The largest absolute Gasteiger partial charge is 1.00 e. The van der Waals surface area contributed by atoms with Crippen molar-refractivity contribution in [2.45, 2.75) is 0 Å². The van der Waals surface area contributed by atoms with Crippen LogP contribution in [0.25, 0.3) is 0 Å². The van der Waals surface area contributed by atoms with E-state index in [9.17, 15) is 0 Å². The maximum atomic E-state index is 8.33. The zero-order valence-electron chi connectivity index (χ0n) is 5.66. The molecule has 0 saturated heterocycles. The van der Waals surface area contributed by atoms with Gasteiger partial charge in [-0.15, -0.1) is 0 Å². The van der Waals surface area contributed by atoms with E-state index in [1.165, 1.54) is 0 Å². The van der Waals surface area contributed by atoms with E-state index in [0.717, 1.165) is 0 Å². The van der Waals surface area contributed by atoms with Gasteiger partial charge in [-0.3, -0.25) is 4.98 Å². The summed E-state index contributed by atoms with van der Waals surface area (Å²) in [5, 5.41) is 16.7. The summed E-state index contributed by atoms with van der Waals surface area (Å²) in [6.07, 6.45) is 1.17. The number of rotatable bonds is 0. The van der Waals surface area contributed by atoms with Crippen molar-refractivity contribution in [3.8, 4) is 0 Å². The van der Waals surface area contributed by atoms with Crippen molar-refractivity contribution in [2.24, 2.45) is 0 Å². The molecule has 4 nitrogen and oxygen atoms in total. The van der Waals surface area contributed by atoms with E-state index in [0.29, 0.717) is 0 Å². The van der Waals surface area contributed by atoms with Crippen LogP contribution in [0.5, 0.6) is 0 Å². The van der Waals surface area contributed by atoms with E-state index in [2.05, 4.69) is 4.98 Å². The molecular weight excluding hydrogens is 350 g/mol. The molecule has 0 N–H and O–H groups in total. The number of nitrogens with zero attached hydrogens (tertiary/aromatic N) is 1. The second-order valence-electron chi connectivity index (χ2n) is 1.27. The van der Waals surface area contributed by atoms with Gasteiger partial charge in [-0.25, -0.2) is 0 Å². The summed E-state index contributed by atoms with van der Waals surface area (Å²) in [5.74, 6) is 0. The summed E-state index contributed by atoms with van der Waals surface area (Å²) in [5.41, 5.74) is 0. The molecule has 1 aromatic heterocycles. The average Bonchev–Trinajstić information content (AvgIpc) is 1.90. The molecule has 0 unspecified atom stereocenters. The summed E-state index contributed by atoms with van der Waals surface area (Å²) in [6.45, 7) is 0. The number of aromatic nitrogens is 1. The van der Waals surface area contributed by atoms with Crippen LogP contribution in [0.15, 0.2) is 30.6 Å². The van der Waals surface area contributed by atoms with E-state index < -0.39 is 6.16 Å². The molecule has 0 atom stereocenters. The predicted molar refractivity (Wildman–Crippen MR) is 29.6 cm³/mol. The van der Waals surface area contributed by atoms with E-state index in [1.807, 2.05) is 18.2 Å². The van der Waals surface area contributed by atoms with Crippen LogP contribution in [0.1, 0.15) is 0 Å². The van der Waals surface area contributed by atoms with Gasteiger partial charge >= 0.3 is 44.8 Å². The van der Waals surface area contributed by atoms with Crippen molar-refractivity contribution in [1.29, 1.82) is 0 Å². The Morgan fingerprint density at radius 2 is 1.33 bits per heavy atom. The summed E-state index contributed by atoms with van der Waals surface area (Å²) in [4.78, 5) is 12.1. The van der Waals surface area contributed by atoms with Gasteiger partial charge in [0.1, 0.15) is 0 Å². The van der Waals surface area contributed by atoms with Crippen molar-refractivity contribution in [3.63, 3.8) is 0 Å². The average molecular weight is 355 g/mol. The Hall–Kier alpha value is -0.0995. The molecule has 0 bridgehead atoms. The fraction of sp³-hybridized carbons (Fsp3) is 0. The van der Waals surface area contributed by atoms with Crippen LogP contribution < -0.4 is 10.2 Å². The maximum absolute atomic E-state index is 8.33. The van der Waals surface area contributed by atoms with Gasteiger partial charge in [0.05, 0.1) is 0 Å². The molecule has 1 heterocycles. The van der Waals surface area contributed by atoms with Crippen LogP contribution in [-0.2, 0) is 44.8 Å². The van der Waals surface area contributed by atoms with Crippen molar-refractivity contribution >= 4 is 6.16 Å². The standard InChI is InChI=1S/C5H5N.CH2O3.2Ag/c1-2-4-6-5-3-1;2-1(3)4;;/h1-5H;(H2,2,3,4);;/q;;2*+1/p-2. The zero-order valence-corrected chi connectivity index (χ0v) is 8.63. The first kappa shape index (κ1) is 17.8. The van der Waals surface area contributed by atoms with Gasteiger partial charge < -0.3 is 15.0 Å². The summed E-state index contributed by atoms with van der Waals surface area (Å²) < 4.78 is 0.